The van der Waals surface area contributed by atoms with Gasteiger partial charge in [0, 0.05) is 6.20 Å². The van der Waals surface area contributed by atoms with Crippen LogP contribution >= 0.6 is 11.6 Å². The third-order valence-corrected chi connectivity index (χ3v) is 2.53. The lowest BCUT2D eigenvalue weighted by Crippen LogP contribution is -2.46. The van der Waals surface area contributed by atoms with E-state index in [9.17, 15) is 9.59 Å². The van der Waals surface area contributed by atoms with Gasteiger partial charge in [-0.3, -0.25) is 14.9 Å². The fourth-order valence-electron chi connectivity index (χ4n) is 1.15. The van der Waals surface area contributed by atoms with Crippen molar-refractivity contribution in [2.45, 2.75) is 19.9 Å². The van der Waals surface area contributed by atoms with Gasteiger partial charge in [-0.2, -0.15) is 0 Å². The minimum Gasteiger partial charge on any atom is -0.346 e. The predicted octanol–water partition coefficient (Wildman–Crippen LogP) is 0.168. The molecule has 19 heavy (non-hydrogen) atoms. The van der Waals surface area contributed by atoms with E-state index < -0.39 is 11.9 Å². The van der Waals surface area contributed by atoms with Crippen LogP contribution in [-0.4, -0.2) is 34.4 Å². The molecule has 0 spiro atoms. The van der Waals surface area contributed by atoms with Crippen molar-refractivity contribution in [3.63, 3.8) is 0 Å². The number of nitrogens with two attached hydrogens (primary N) is 1. The van der Waals surface area contributed by atoms with E-state index >= 15 is 0 Å². The van der Waals surface area contributed by atoms with Crippen LogP contribution in [0, 0.1) is 5.92 Å². The minimum absolute atomic E-state index is 0.000625. The highest BCUT2D eigenvalue weighted by atomic mass is 35.5. The standard InChI is InChI=1S/C11H16ClN5O2/c1-6(2)9(13)10(19)15-5-8(18)17-11-14-4-3-7(12)16-11/h3-4,6,9H,5,13H2,1-2H3,(H,15,19)(H,14,16,17,18)/t9-/m0/s1. The zero-order valence-electron chi connectivity index (χ0n) is 10.7. The van der Waals surface area contributed by atoms with E-state index in [2.05, 4.69) is 20.6 Å². The van der Waals surface area contributed by atoms with Crippen LogP contribution in [0.2, 0.25) is 5.15 Å². The second-order valence-corrected chi connectivity index (χ2v) is 4.63. The van der Waals surface area contributed by atoms with Crippen LogP contribution in [0.1, 0.15) is 13.8 Å². The van der Waals surface area contributed by atoms with Gasteiger partial charge in [0.15, 0.2) is 0 Å². The summed E-state index contributed by atoms with van der Waals surface area (Å²) in [6.45, 7) is 3.45. The number of anilines is 1. The van der Waals surface area contributed by atoms with E-state index in [1.807, 2.05) is 13.8 Å². The van der Waals surface area contributed by atoms with Gasteiger partial charge >= 0.3 is 0 Å². The molecule has 1 heterocycles. The Bertz CT molecular complexity index is 466. The fourth-order valence-corrected chi connectivity index (χ4v) is 1.29. The summed E-state index contributed by atoms with van der Waals surface area (Å²) in [5.41, 5.74) is 5.63. The van der Waals surface area contributed by atoms with E-state index in [0.717, 1.165) is 0 Å². The number of rotatable bonds is 5. The van der Waals surface area contributed by atoms with Crippen molar-refractivity contribution in [2.24, 2.45) is 11.7 Å². The maximum Gasteiger partial charge on any atom is 0.246 e. The molecule has 0 bridgehead atoms. The topological polar surface area (TPSA) is 110 Å². The number of halogens is 1. The summed E-state index contributed by atoms with van der Waals surface area (Å²) in [6.07, 6.45) is 1.41. The lowest BCUT2D eigenvalue weighted by atomic mass is 10.1. The smallest absolute Gasteiger partial charge is 0.246 e. The Balaban J connectivity index is 2.42. The summed E-state index contributed by atoms with van der Waals surface area (Å²) in [5.74, 6) is -0.747. The number of hydrogen-bond donors (Lipinski definition) is 3. The Morgan fingerprint density at radius 1 is 1.47 bits per heavy atom. The molecule has 0 saturated carbocycles. The summed E-state index contributed by atoms with van der Waals surface area (Å²) in [7, 11) is 0. The van der Waals surface area contributed by atoms with Crippen LogP contribution < -0.4 is 16.4 Å². The Labute approximate surface area is 115 Å². The van der Waals surface area contributed by atoms with E-state index in [4.69, 9.17) is 17.3 Å². The average molecular weight is 286 g/mol. The van der Waals surface area contributed by atoms with Crippen molar-refractivity contribution < 1.29 is 9.59 Å². The third kappa shape index (κ3) is 5.19. The van der Waals surface area contributed by atoms with Gasteiger partial charge in [0.1, 0.15) is 5.15 Å². The molecule has 2 amide bonds. The summed E-state index contributed by atoms with van der Waals surface area (Å²) in [4.78, 5) is 30.7. The van der Waals surface area contributed by atoms with Crippen LogP contribution in [0.15, 0.2) is 12.3 Å². The maximum absolute atomic E-state index is 11.5. The molecule has 0 fully saturated rings. The summed E-state index contributed by atoms with van der Waals surface area (Å²) < 4.78 is 0. The summed E-state index contributed by atoms with van der Waals surface area (Å²) >= 11 is 5.64. The van der Waals surface area contributed by atoms with Crippen molar-refractivity contribution in [1.29, 1.82) is 0 Å². The zero-order chi connectivity index (χ0) is 14.4. The molecular formula is C11H16ClN5O2. The third-order valence-electron chi connectivity index (χ3n) is 2.32. The van der Waals surface area contributed by atoms with Crippen LogP contribution in [0.25, 0.3) is 0 Å². The summed E-state index contributed by atoms with van der Waals surface area (Å²) in [6, 6.07) is 0.843. The number of amides is 2. The minimum atomic E-state index is -0.643. The monoisotopic (exact) mass is 285 g/mol. The molecule has 8 heteroatoms. The maximum atomic E-state index is 11.5. The molecule has 0 radical (unpaired) electrons. The highest BCUT2D eigenvalue weighted by molar-refractivity contribution is 6.29. The van der Waals surface area contributed by atoms with Crippen LogP contribution in [0.4, 0.5) is 5.95 Å². The number of aromatic nitrogens is 2. The molecule has 0 aliphatic carbocycles. The molecular weight excluding hydrogens is 270 g/mol. The quantitative estimate of drug-likeness (QED) is 0.668. The normalized spacial score (nSPS) is 12.1. The van der Waals surface area contributed by atoms with Crippen molar-refractivity contribution in [3.05, 3.63) is 17.4 Å². The van der Waals surface area contributed by atoms with Gasteiger partial charge < -0.3 is 11.1 Å². The molecule has 0 unspecified atom stereocenters. The second kappa shape index (κ2) is 7.01. The number of carbonyl (C=O) groups excluding carboxylic acids is 2. The van der Waals surface area contributed by atoms with Crippen molar-refractivity contribution in [3.8, 4) is 0 Å². The Morgan fingerprint density at radius 2 is 2.16 bits per heavy atom. The molecule has 0 saturated heterocycles. The van der Waals surface area contributed by atoms with Gasteiger partial charge in [0.25, 0.3) is 0 Å². The molecule has 7 nitrogen and oxygen atoms in total. The molecule has 4 N–H and O–H groups in total. The average Bonchev–Trinajstić information content (AvgIpc) is 2.34. The Kier molecular flexibility index (Phi) is 5.65. The summed E-state index contributed by atoms with van der Waals surface area (Å²) in [5, 5.41) is 5.06. The van der Waals surface area contributed by atoms with E-state index in [1.54, 1.807) is 0 Å². The SMILES string of the molecule is CC(C)[C@H](N)C(=O)NCC(=O)Nc1nccc(Cl)n1. The van der Waals surface area contributed by atoms with E-state index in [-0.39, 0.29) is 29.5 Å². The first-order chi connectivity index (χ1) is 8.90. The molecule has 1 rings (SSSR count). The number of carbonyl (C=O) groups is 2. The van der Waals surface area contributed by atoms with Gasteiger partial charge in [-0.25, -0.2) is 9.97 Å². The molecule has 0 aliphatic heterocycles. The first-order valence-electron chi connectivity index (χ1n) is 5.72. The van der Waals surface area contributed by atoms with Gasteiger partial charge in [0.2, 0.25) is 17.8 Å². The molecule has 1 atom stereocenters. The Hall–Kier alpha value is -1.73. The first-order valence-corrected chi connectivity index (χ1v) is 6.09. The highest BCUT2D eigenvalue weighted by Gasteiger charge is 2.17. The number of hydrogen-bond acceptors (Lipinski definition) is 5. The second-order valence-electron chi connectivity index (χ2n) is 4.24. The van der Waals surface area contributed by atoms with Gasteiger partial charge in [0.05, 0.1) is 12.6 Å². The fraction of sp³-hybridized carbons (Fsp3) is 0.455. The van der Waals surface area contributed by atoms with Gasteiger partial charge in [-0.1, -0.05) is 25.4 Å². The molecule has 0 aromatic carbocycles. The van der Waals surface area contributed by atoms with Crippen LogP contribution in [0.5, 0.6) is 0 Å². The van der Waals surface area contributed by atoms with Crippen LogP contribution in [0.3, 0.4) is 0 Å². The lowest BCUT2D eigenvalue weighted by Gasteiger charge is -2.14. The van der Waals surface area contributed by atoms with Crippen molar-refractivity contribution >= 4 is 29.4 Å². The van der Waals surface area contributed by atoms with Gasteiger partial charge in [-0.15, -0.1) is 0 Å². The van der Waals surface area contributed by atoms with Crippen molar-refractivity contribution in [2.75, 3.05) is 11.9 Å². The number of nitrogens with one attached hydrogen (secondary N) is 2. The molecule has 1 aromatic heterocycles. The molecule has 1 aromatic rings. The zero-order valence-corrected chi connectivity index (χ0v) is 11.4. The predicted molar refractivity (Wildman–Crippen MR) is 71.5 cm³/mol. The van der Waals surface area contributed by atoms with E-state index in [0.29, 0.717) is 0 Å². The lowest BCUT2D eigenvalue weighted by molar-refractivity contribution is -0.125. The number of nitrogens with zero attached hydrogens (tertiary/aromatic N) is 2. The Morgan fingerprint density at radius 3 is 2.74 bits per heavy atom. The van der Waals surface area contributed by atoms with E-state index in [1.165, 1.54) is 12.3 Å². The first kappa shape index (κ1) is 15.3. The van der Waals surface area contributed by atoms with Crippen LogP contribution in [-0.2, 0) is 9.59 Å². The van der Waals surface area contributed by atoms with Crippen molar-refractivity contribution in [1.82, 2.24) is 15.3 Å². The molecule has 0 aliphatic rings. The molecule has 104 valence electrons. The highest BCUT2D eigenvalue weighted by Crippen LogP contribution is 2.05. The largest absolute Gasteiger partial charge is 0.346 e. The van der Waals surface area contributed by atoms with Gasteiger partial charge in [-0.05, 0) is 12.0 Å².